The van der Waals surface area contributed by atoms with Crippen LogP contribution in [0.2, 0.25) is 0 Å². The van der Waals surface area contributed by atoms with Crippen molar-refractivity contribution in [1.82, 2.24) is 10.6 Å². The molecule has 1 fully saturated rings. The van der Waals surface area contributed by atoms with E-state index in [1.165, 1.54) is 0 Å². The molecule has 1 aromatic carbocycles. The van der Waals surface area contributed by atoms with Gasteiger partial charge in [0.05, 0.1) is 0 Å². The van der Waals surface area contributed by atoms with Crippen LogP contribution in [0.5, 0.6) is 0 Å². The highest BCUT2D eigenvalue weighted by Crippen LogP contribution is 2.31. The average Bonchev–Trinajstić information content (AvgIpc) is 2.34. The minimum atomic E-state index is -5.24. The minimum absolute atomic E-state index is 0.658. The fraction of sp³-hybridized carbons (Fsp3) is 0.100. The minimum Gasteiger partial charge on any atom is -0.282 e. The monoisotopic (exact) mass is 364 g/mol. The van der Waals surface area contributed by atoms with Gasteiger partial charge in [-0.25, -0.2) is 4.79 Å². The van der Waals surface area contributed by atoms with Gasteiger partial charge in [0.2, 0.25) is 11.8 Å². The number of carbonyl (C=O) groups excluding carboxylic acids is 3. The first-order chi connectivity index (χ1) is 10.4. The Morgan fingerprint density at radius 1 is 0.870 bits per heavy atom. The van der Waals surface area contributed by atoms with Gasteiger partial charge in [-0.1, -0.05) is 12.1 Å². The van der Waals surface area contributed by atoms with Gasteiger partial charge >= 0.3 is 6.03 Å². The van der Waals surface area contributed by atoms with Crippen LogP contribution in [0, 0.1) is 0 Å². The lowest BCUT2D eigenvalue weighted by Gasteiger charge is -2.22. The summed E-state index contributed by atoms with van der Waals surface area (Å²) in [5.74, 6) is -4.38. The quantitative estimate of drug-likeness (QED) is 0.371. The third kappa shape index (κ3) is 3.21. The van der Waals surface area contributed by atoms with Gasteiger partial charge in [0.25, 0.3) is 20.2 Å². The Morgan fingerprint density at radius 3 is 1.83 bits per heavy atom. The van der Waals surface area contributed by atoms with E-state index in [1.54, 1.807) is 10.6 Å². The molecule has 1 aliphatic heterocycles. The SMILES string of the molecule is O=C1NC(=O)C(c2cccc(S(=O)(=O)O)c2S(=O)(=O)O)C(=O)N1. The van der Waals surface area contributed by atoms with E-state index < -0.39 is 59.4 Å². The van der Waals surface area contributed by atoms with Crippen molar-refractivity contribution >= 4 is 38.1 Å². The number of benzene rings is 1. The highest BCUT2D eigenvalue weighted by atomic mass is 32.2. The number of urea groups is 1. The molecule has 2 rings (SSSR count). The fourth-order valence-electron chi connectivity index (χ4n) is 2.04. The van der Waals surface area contributed by atoms with Crippen molar-refractivity contribution in [1.29, 1.82) is 0 Å². The molecule has 1 aliphatic rings. The number of amides is 4. The van der Waals surface area contributed by atoms with Crippen LogP contribution in [0.25, 0.3) is 0 Å². The summed E-state index contributed by atoms with van der Waals surface area (Å²) in [5, 5.41) is 3.39. The zero-order valence-corrected chi connectivity index (χ0v) is 12.5. The molecule has 4 amide bonds. The molecule has 0 bridgehead atoms. The lowest BCUT2D eigenvalue weighted by atomic mass is 9.96. The van der Waals surface area contributed by atoms with Gasteiger partial charge in [0.1, 0.15) is 15.7 Å². The molecule has 0 unspecified atom stereocenters. The molecule has 0 radical (unpaired) electrons. The number of nitrogens with one attached hydrogen (secondary N) is 2. The van der Waals surface area contributed by atoms with Gasteiger partial charge in [0.15, 0.2) is 0 Å². The summed E-state index contributed by atoms with van der Waals surface area (Å²) in [6.07, 6.45) is 0. The Labute approximate surface area is 129 Å². The Balaban J connectivity index is 2.81. The molecule has 0 aromatic heterocycles. The van der Waals surface area contributed by atoms with Crippen molar-refractivity contribution in [2.75, 3.05) is 0 Å². The van der Waals surface area contributed by atoms with Crippen LogP contribution >= 0.6 is 0 Å². The molecule has 13 heteroatoms. The molecule has 0 spiro atoms. The normalized spacial score (nSPS) is 16.9. The van der Waals surface area contributed by atoms with Crippen LogP contribution in [0.4, 0.5) is 4.79 Å². The number of imide groups is 2. The van der Waals surface area contributed by atoms with Gasteiger partial charge in [-0.3, -0.25) is 29.3 Å². The predicted octanol–water partition coefficient (Wildman–Crippen LogP) is -1.37. The van der Waals surface area contributed by atoms with Crippen LogP contribution in [0.15, 0.2) is 28.0 Å². The Hall–Kier alpha value is -2.35. The van der Waals surface area contributed by atoms with E-state index in [0.29, 0.717) is 6.07 Å². The molecule has 1 heterocycles. The first-order valence-electron chi connectivity index (χ1n) is 5.66. The van der Waals surface area contributed by atoms with E-state index in [0.717, 1.165) is 12.1 Å². The second-order valence-corrected chi connectivity index (χ2v) is 7.11. The largest absolute Gasteiger partial charge is 0.328 e. The summed E-state index contributed by atoms with van der Waals surface area (Å²) in [7, 11) is -10.3. The maximum atomic E-state index is 11.8. The molecule has 0 atom stereocenters. The lowest BCUT2D eigenvalue weighted by Crippen LogP contribution is -2.54. The van der Waals surface area contributed by atoms with Gasteiger partial charge in [-0.15, -0.1) is 0 Å². The standard InChI is InChI=1S/C10H8N2O9S2/c13-8-6(9(14)12-10(15)11-8)4-2-1-3-5(22(16,17)18)7(4)23(19,20)21/h1-3,6H,(H,16,17,18)(H,19,20,21)(H2,11,12,13,14,15). The molecule has 0 aliphatic carbocycles. The van der Waals surface area contributed by atoms with Crippen molar-refractivity contribution in [3.05, 3.63) is 23.8 Å². The number of hydrogen-bond donors (Lipinski definition) is 4. The summed E-state index contributed by atoms with van der Waals surface area (Å²) in [6, 6.07) is 1.35. The van der Waals surface area contributed by atoms with Crippen LogP contribution in [0.1, 0.15) is 11.5 Å². The van der Waals surface area contributed by atoms with E-state index >= 15 is 0 Å². The summed E-state index contributed by atoms with van der Waals surface area (Å²) < 4.78 is 63.8. The average molecular weight is 364 g/mol. The highest BCUT2D eigenvalue weighted by molar-refractivity contribution is 7.89. The second-order valence-electron chi connectivity index (χ2n) is 4.37. The maximum absolute atomic E-state index is 11.8. The topological polar surface area (TPSA) is 184 Å². The third-order valence-corrected chi connectivity index (χ3v) is 4.85. The maximum Gasteiger partial charge on any atom is 0.328 e. The molecule has 0 saturated carbocycles. The lowest BCUT2D eigenvalue weighted by molar-refractivity contribution is -0.132. The van der Waals surface area contributed by atoms with Crippen molar-refractivity contribution in [3.63, 3.8) is 0 Å². The Kier molecular flexibility index (Phi) is 3.98. The van der Waals surface area contributed by atoms with E-state index in [2.05, 4.69) is 0 Å². The van der Waals surface area contributed by atoms with Crippen LogP contribution in [0.3, 0.4) is 0 Å². The van der Waals surface area contributed by atoms with Gasteiger partial charge in [-0.05, 0) is 11.6 Å². The first kappa shape index (κ1) is 17.0. The number of hydrogen-bond acceptors (Lipinski definition) is 7. The predicted molar refractivity (Wildman–Crippen MR) is 70.5 cm³/mol. The number of barbiturate groups is 1. The zero-order chi connectivity index (χ0) is 17.6. The third-order valence-electron chi connectivity index (χ3n) is 2.85. The molecule has 4 N–H and O–H groups in total. The smallest absolute Gasteiger partial charge is 0.282 e. The summed E-state index contributed by atoms with van der Waals surface area (Å²) in [5.41, 5.74) is -0.717. The van der Waals surface area contributed by atoms with E-state index in [4.69, 9.17) is 4.55 Å². The number of rotatable bonds is 3. The van der Waals surface area contributed by atoms with Crippen molar-refractivity contribution in [3.8, 4) is 0 Å². The van der Waals surface area contributed by atoms with Crippen molar-refractivity contribution in [2.24, 2.45) is 0 Å². The van der Waals surface area contributed by atoms with Crippen LogP contribution < -0.4 is 10.6 Å². The van der Waals surface area contributed by atoms with E-state index in [9.17, 15) is 35.8 Å². The van der Waals surface area contributed by atoms with E-state index in [1.807, 2.05) is 0 Å². The highest BCUT2D eigenvalue weighted by Gasteiger charge is 2.40. The molecular weight excluding hydrogens is 356 g/mol. The fourth-order valence-corrected chi connectivity index (χ4v) is 4.08. The van der Waals surface area contributed by atoms with E-state index in [-0.39, 0.29) is 0 Å². The van der Waals surface area contributed by atoms with Crippen LogP contribution in [-0.4, -0.2) is 43.8 Å². The molecular formula is C10H8N2O9S2. The van der Waals surface area contributed by atoms with Gasteiger partial charge in [0, 0.05) is 0 Å². The molecule has 11 nitrogen and oxygen atoms in total. The first-order valence-corrected chi connectivity index (χ1v) is 8.54. The van der Waals surface area contributed by atoms with Crippen LogP contribution in [-0.2, 0) is 29.8 Å². The molecule has 1 saturated heterocycles. The van der Waals surface area contributed by atoms with Crippen molar-refractivity contribution < 1.29 is 40.3 Å². The summed E-state index contributed by atoms with van der Waals surface area (Å²) >= 11 is 0. The van der Waals surface area contributed by atoms with Crippen molar-refractivity contribution in [2.45, 2.75) is 15.7 Å². The van der Waals surface area contributed by atoms with Gasteiger partial charge in [-0.2, -0.15) is 16.8 Å². The summed E-state index contributed by atoms with van der Waals surface area (Å²) in [4.78, 5) is 32.0. The van der Waals surface area contributed by atoms with Gasteiger partial charge < -0.3 is 0 Å². The molecule has 23 heavy (non-hydrogen) atoms. The second kappa shape index (κ2) is 5.38. The molecule has 124 valence electrons. The summed E-state index contributed by atoms with van der Waals surface area (Å²) in [6.45, 7) is 0. The zero-order valence-electron chi connectivity index (χ0n) is 10.9. The Morgan fingerprint density at radius 2 is 1.39 bits per heavy atom. The number of carbonyl (C=O) groups is 3. The molecule has 1 aromatic rings. The Bertz CT molecular complexity index is 913.